The van der Waals surface area contributed by atoms with Gasteiger partial charge in [-0.15, -0.1) is 0 Å². The van der Waals surface area contributed by atoms with E-state index in [-0.39, 0.29) is 11.2 Å². The highest BCUT2D eigenvalue weighted by Crippen LogP contribution is 2.27. The van der Waals surface area contributed by atoms with E-state index in [1.165, 1.54) is 42.2 Å². The van der Waals surface area contributed by atoms with Gasteiger partial charge in [0.2, 0.25) is 5.91 Å². The van der Waals surface area contributed by atoms with E-state index >= 15 is 0 Å². The van der Waals surface area contributed by atoms with Gasteiger partial charge in [-0.1, -0.05) is 43.2 Å². The van der Waals surface area contributed by atoms with Gasteiger partial charge in [0.15, 0.2) is 5.16 Å². The van der Waals surface area contributed by atoms with Gasteiger partial charge >= 0.3 is 0 Å². The summed E-state index contributed by atoms with van der Waals surface area (Å²) in [4.78, 5) is 17.0. The van der Waals surface area contributed by atoms with Crippen molar-refractivity contribution in [2.75, 3.05) is 0 Å². The van der Waals surface area contributed by atoms with E-state index in [1.807, 2.05) is 13.1 Å². The van der Waals surface area contributed by atoms with Crippen molar-refractivity contribution in [1.29, 1.82) is 0 Å². The molecule has 1 heterocycles. The Kier molecular flexibility index (Phi) is 5.84. The molecule has 1 aliphatic rings. The normalized spacial score (nSPS) is 16.6. The minimum Gasteiger partial charge on any atom is -0.352 e. The molecule has 1 aromatic heterocycles. The first-order valence-corrected chi connectivity index (χ1v) is 10.0. The van der Waals surface area contributed by atoms with E-state index in [9.17, 15) is 4.79 Å². The molecule has 134 valence electrons. The molecule has 1 N–H and O–H groups in total. The van der Waals surface area contributed by atoms with Crippen LogP contribution in [0, 0.1) is 13.8 Å². The lowest BCUT2D eigenvalue weighted by Gasteiger charge is -2.24. The third kappa shape index (κ3) is 4.27. The second-order valence-corrected chi connectivity index (χ2v) is 8.21. The molecule has 5 heteroatoms. The zero-order valence-electron chi connectivity index (χ0n) is 15.3. The van der Waals surface area contributed by atoms with Crippen molar-refractivity contribution in [1.82, 2.24) is 14.9 Å². The van der Waals surface area contributed by atoms with Gasteiger partial charge in [0.25, 0.3) is 0 Å². The molecule has 0 radical (unpaired) electrons. The zero-order chi connectivity index (χ0) is 17.8. The first kappa shape index (κ1) is 18.1. The third-order valence-corrected chi connectivity index (χ3v) is 6.13. The Bertz CT molecular complexity index is 734. The Labute approximate surface area is 154 Å². The zero-order valence-corrected chi connectivity index (χ0v) is 16.1. The summed E-state index contributed by atoms with van der Waals surface area (Å²) < 4.78 is 2.08. The van der Waals surface area contributed by atoms with Crippen molar-refractivity contribution in [2.24, 2.45) is 0 Å². The van der Waals surface area contributed by atoms with Gasteiger partial charge in [-0.2, -0.15) is 0 Å². The molecule has 0 saturated heterocycles. The topological polar surface area (TPSA) is 46.9 Å². The van der Waals surface area contributed by atoms with Crippen LogP contribution in [0.15, 0.2) is 35.7 Å². The summed E-state index contributed by atoms with van der Waals surface area (Å²) in [6, 6.07) is 6.62. The number of aryl methyl sites for hydroxylation is 1. The monoisotopic (exact) mass is 357 g/mol. The van der Waals surface area contributed by atoms with Gasteiger partial charge in [-0.05, 0) is 50.8 Å². The Morgan fingerprint density at radius 3 is 2.80 bits per heavy atom. The van der Waals surface area contributed by atoms with Crippen LogP contribution in [0.25, 0.3) is 5.69 Å². The van der Waals surface area contributed by atoms with Crippen LogP contribution in [0.5, 0.6) is 0 Å². The molecule has 1 aliphatic carbocycles. The Hall–Kier alpha value is -1.75. The fraction of sp³-hybridized carbons (Fsp3) is 0.500. The van der Waals surface area contributed by atoms with E-state index in [0.717, 1.165) is 23.7 Å². The molecule has 1 atom stereocenters. The lowest BCUT2D eigenvalue weighted by Crippen LogP contribution is -2.40. The predicted octanol–water partition coefficient (Wildman–Crippen LogP) is 4.42. The summed E-state index contributed by atoms with van der Waals surface area (Å²) in [7, 11) is 0. The number of nitrogens with zero attached hydrogens (tertiary/aromatic N) is 2. The molecule has 3 rings (SSSR count). The molecule has 1 aromatic carbocycles. The van der Waals surface area contributed by atoms with Crippen LogP contribution in [0.4, 0.5) is 0 Å². The second-order valence-electron chi connectivity index (χ2n) is 6.90. The van der Waals surface area contributed by atoms with Crippen molar-refractivity contribution in [3.8, 4) is 5.69 Å². The molecule has 1 fully saturated rings. The molecule has 2 aromatic rings. The average Bonchev–Trinajstić information content (AvgIpc) is 3.06. The van der Waals surface area contributed by atoms with Gasteiger partial charge in [-0.25, -0.2) is 4.98 Å². The van der Waals surface area contributed by atoms with Crippen molar-refractivity contribution >= 4 is 17.7 Å². The molecule has 0 bridgehead atoms. The molecule has 25 heavy (non-hydrogen) atoms. The third-order valence-electron chi connectivity index (χ3n) is 5.05. The highest BCUT2D eigenvalue weighted by molar-refractivity contribution is 8.00. The lowest BCUT2D eigenvalue weighted by molar-refractivity contribution is -0.121. The number of nitrogens with one attached hydrogen (secondary N) is 1. The number of imidazole rings is 1. The SMILES string of the molecule is Cc1cccc(-n2ccnc2S[C@@H](C)C(=O)NC2CCCCC2)c1C. The molecule has 1 saturated carbocycles. The molecular weight excluding hydrogens is 330 g/mol. The molecular formula is C20H27N3OS. The first-order valence-electron chi connectivity index (χ1n) is 9.13. The van der Waals surface area contributed by atoms with E-state index in [0.29, 0.717) is 6.04 Å². The number of amides is 1. The second kappa shape index (κ2) is 8.09. The summed E-state index contributed by atoms with van der Waals surface area (Å²) >= 11 is 1.52. The number of hydrogen-bond acceptors (Lipinski definition) is 3. The maximum atomic E-state index is 12.5. The van der Waals surface area contributed by atoms with Gasteiger partial charge in [0.05, 0.1) is 10.9 Å². The number of rotatable bonds is 5. The van der Waals surface area contributed by atoms with Crippen LogP contribution < -0.4 is 5.32 Å². The molecule has 1 amide bonds. The molecule has 4 nitrogen and oxygen atoms in total. The van der Waals surface area contributed by atoms with Crippen molar-refractivity contribution < 1.29 is 4.79 Å². The van der Waals surface area contributed by atoms with Crippen LogP contribution in [0.2, 0.25) is 0 Å². The molecule has 0 unspecified atom stereocenters. The molecule has 0 aliphatic heterocycles. The highest BCUT2D eigenvalue weighted by Gasteiger charge is 2.22. The maximum Gasteiger partial charge on any atom is 0.233 e. The maximum absolute atomic E-state index is 12.5. The Balaban J connectivity index is 1.70. The fourth-order valence-electron chi connectivity index (χ4n) is 3.33. The number of carbonyl (C=O) groups excluding carboxylic acids is 1. The number of aromatic nitrogens is 2. The van der Waals surface area contributed by atoms with Crippen LogP contribution in [-0.2, 0) is 4.79 Å². The largest absolute Gasteiger partial charge is 0.352 e. The number of hydrogen-bond donors (Lipinski definition) is 1. The Morgan fingerprint density at radius 1 is 1.28 bits per heavy atom. The number of benzene rings is 1. The quantitative estimate of drug-likeness (QED) is 0.806. The lowest BCUT2D eigenvalue weighted by atomic mass is 9.95. The van der Waals surface area contributed by atoms with E-state index in [4.69, 9.17) is 0 Å². The molecule has 0 spiro atoms. The van der Waals surface area contributed by atoms with E-state index in [2.05, 4.69) is 46.9 Å². The summed E-state index contributed by atoms with van der Waals surface area (Å²) in [5.41, 5.74) is 3.62. The summed E-state index contributed by atoms with van der Waals surface area (Å²) in [5, 5.41) is 3.92. The van der Waals surface area contributed by atoms with Crippen LogP contribution in [0.3, 0.4) is 0 Å². The fourth-order valence-corrected chi connectivity index (χ4v) is 4.22. The Morgan fingerprint density at radius 2 is 2.04 bits per heavy atom. The predicted molar refractivity (Wildman–Crippen MR) is 103 cm³/mol. The van der Waals surface area contributed by atoms with Gasteiger partial charge in [-0.3, -0.25) is 9.36 Å². The van der Waals surface area contributed by atoms with Crippen LogP contribution in [-0.4, -0.2) is 26.8 Å². The number of thioether (sulfide) groups is 1. The van der Waals surface area contributed by atoms with Gasteiger partial charge in [0, 0.05) is 18.4 Å². The summed E-state index contributed by atoms with van der Waals surface area (Å²) in [5.74, 6) is 0.118. The number of carbonyl (C=O) groups is 1. The van der Waals surface area contributed by atoms with E-state index < -0.39 is 0 Å². The average molecular weight is 358 g/mol. The van der Waals surface area contributed by atoms with Crippen molar-refractivity contribution in [2.45, 2.75) is 69.3 Å². The van der Waals surface area contributed by atoms with Gasteiger partial charge < -0.3 is 5.32 Å². The highest BCUT2D eigenvalue weighted by atomic mass is 32.2. The smallest absolute Gasteiger partial charge is 0.233 e. The first-order chi connectivity index (χ1) is 12.1. The minimum absolute atomic E-state index is 0.118. The standard InChI is InChI=1S/C20H27N3OS/c1-14-8-7-11-18(15(14)2)23-13-12-21-20(23)25-16(3)19(24)22-17-9-5-4-6-10-17/h7-8,11-13,16-17H,4-6,9-10H2,1-3H3,(H,22,24)/t16-/m0/s1. The van der Waals surface area contributed by atoms with Crippen LogP contribution >= 0.6 is 11.8 Å². The van der Waals surface area contributed by atoms with Crippen molar-refractivity contribution in [3.05, 3.63) is 41.7 Å². The van der Waals surface area contributed by atoms with Crippen LogP contribution in [0.1, 0.15) is 50.2 Å². The van der Waals surface area contributed by atoms with Gasteiger partial charge in [0.1, 0.15) is 0 Å². The summed E-state index contributed by atoms with van der Waals surface area (Å²) in [6.07, 6.45) is 9.74. The minimum atomic E-state index is -0.159. The van der Waals surface area contributed by atoms with E-state index in [1.54, 1.807) is 6.20 Å². The summed E-state index contributed by atoms with van der Waals surface area (Å²) in [6.45, 7) is 6.20. The van der Waals surface area contributed by atoms with Crippen molar-refractivity contribution in [3.63, 3.8) is 0 Å².